The number of benzene rings is 1. The highest BCUT2D eigenvalue weighted by Crippen LogP contribution is 2.57. The van der Waals surface area contributed by atoms with Crippen molar-refractivity contribution < 1.29 is 23.4 Å². The Labute approximate surface area is 106 Å². The Morgan fingerprint density at radius 2 is 2.17 bits per heavy atom. The smallest absolute Gasteiger partial charge is 0.344 e. The predicted octanol–water partition coefficient (Wildman–Crippen LogP) is 2.72. The van der Waals surface area contributed by atoms with Crippen molar-refractivity contribution in [2.24, 2.45) is 0 Å². The average Bonchev–Trinajstić information content (AvgIpc) is 2.64. The van der Waals surface area contributed by atoms with Gasteiger partial charge in [0.2, 0.25) is 0 Å². The highest BCUT2D eigenvalue weighted by Gasteiger charge is 2.24. The lowest BCUT2D eigenvalue weighted by Gasteiger charge is -2.25. The van der Waals surface area contributed by atoms with Crippen LogP contribution in [0.15, 0.2) is 28.5 Å². The first kappa shape index (κ1) is 12.9. The van der Waals surface area contributed by atoms with Crippen molar-refractivity contribution in [1.29, 1.82) is 0 Å². The van der Waals surface area contributed by atoms with Crippen molar-refractivity contribution in [2.75, 3.05) is 13.2 Å². The van der Waals surface area contributed by atoms with Crippen LogP contribution in [0.4, 0.5) is 0 Å². The molecule has 1 heterocycles. The van der Waals surface area contributed by atoms with Crippen molar-refractivity contribution in [2.45, 2.75) is 11.8 Å². The zero-order valence-electron chi connectivity index (χ0n) is 9.83. The molecule has 1 aromatic carbocycles. The topological polar surface area (TPSA) is 76.0 Å². The van der Waals surface area contributed by atoms with E-state index < -0.39 is 16.6 Å². The molecule has 5 nitrogen and oxygen atoms in total. The van der Waals surface area contributed by atoms with E-state index in [2.05, 4.69) is 0 Å². The molecule has 2 N–H and O–H groups in total. The van der Waals surface area contributed by atoms with Gasteiger partial charge in [0, 0.05) is 11.0 Å². The molecule has 2 rings (SSSR count). The second-order valence-corrected chi connectivity index (χ2v) is 5.56. The molecule has 18 heavy (non-hydrogen) atoms. The molecular weight excluding hydrogens is 256 g/mol. The van der Waals surface area contributed by atoms with Gasteiger partial charge in [0.25, 0.3) is 0 Å². The van der Waals surface area contributed by atoms with Gasteiger partial charge in [-0.3, -0.25) is 9.11 Å². The number of hydrogen-bond acceptors (Lipinski definition) is 5. The molecule has 1 aliphatic heterocycles. The first-order valence-corrected chi connectivity index (χ1v) is 7.03. The van der Waals surface area contributed by atoms with Crippen LogP contribution in [0.3, 0.4) is 0 Å². The van der Waals surface area contributed by atoms with Crippen molar-refractivity contribution in [3.8, 4) is 5.75 Å². The highest BCUT2D eigenvalue weighted by molar-refractivity contribution is 8.27. The summed E-state index contributed by atoms with van der Waals surface area (Å²) in [5.41, 5.74) is 0.599. The Morgan fingerprint density at radius 1 is 1.39 bits per heavy atom. The minimum absolute atomic E-state index is 0.197. The molecule has 0 bridgehead atoms. The number of fused-ring (bicyclic) bond motifs is 1. The Kier molecular flexibility index (Phi) is 3.60. The summed E-state index contributed by atoms with van der Waals surface area (Å²) in [5, 5.41) is 1.34. The molecule has 98 valence electrons. The summed E-state index contributed by atoms with van der Waals surface area (Å²) in [6.45, 7) is 1.82. The van der Waals surface area contributed by atoms with Crippen molar-refractivity contribution >= 4 is 22.6 Å². The van der Waals surface area contributed by atoms with E-state index in [1.807, 2.05) is 0 Å². The van der Waals surface area contributed by atoms with Gasteiger partial charge in [-0.15, -0.1) is 10.6 Å². The molecule has 0 aliphatic carbocycles. The van der Waals surface area contributed by atoms with Gasteiger partial charge in [0.05, 0.1) is 11.5 Å². The minimum Gasteiger partial charge on any atom is -0.481 e. The van der Waals surface area contributed by atoms with Crippen LogP contribution in [-0.4, -0.2) is 28.3 Å². The minimum atomic E-state index is -2.85. The normalized spacial score (nSPS) is 17.1. The van der Waals surface area contributed by atoms with E-state index in [1.54, 1.807) is 31.2 Å². The number of carbonyl (C=O) groups is 1. The lowest BCUT2D eigenvalue weighted by Crippen LogP contribution is -2.15. The number of rotatable bonds is 4. The van der Waals surface area contributed by atoms with Gasteiger partial charge in [0.1, 0.15) is 5.75 Å². The van der Waals surface area contributed by atoms with Gasteiger partial charge in [-0.1, -0.05) is 6.07 Å². The molecule has 0 radical (unpaired) electrons. The molecule has 1 aliphatic rings. The largest absolute Gasteiger partial charge is 0.481 e. The third-order valence-corrected chi connectivity index (χ3v) is 3.94. The zero-order chi connectivity index (χ0) is 13.2. The molecule has 1 aromatic rings. The van der Waals surface area contributed by atoms with E-state index in [0.717, 1.165) is 0 Å². The second kappa shape index (κ2) is 5.01. The summed E-state index contributed by atoms with van der Waals surface area (Å²) in [4.78, 5) is 11.6. The van der Waals surface area contributed by atoms with E-state index >= 15 is 0 Å². The van der Waals surface area contributed by atoms with Crippen LogP contribution in [0.1, 0.15) is 12.5 Å². The maximum absolute atomic E-state index is 11.2. The van der Waals surface area contributed by atoms with Crippen LogP contribution in [0.5, 0.6) is 5.75 Å². The number of hydrogen-bond donors (Lipinski definition) is 2. The summed E-state index contributed by atoms with van der Waals surface area (Å²) in [6.07, 6.45) is 1.59. The lowest BCUT2D eigenvalue weighted by atomic mass is 10.2. The van der Waals surface area contributed by atoms with E-state index in [0.29, 0.717) is 22.8 Å². The molecule has 0 atom stereocenters. The molecule has 0 unspecified atom stereocenters. The van der Waals surface area contributed by atoms with E-state index in [-0.39, 0.29) is 6.61 Å². The molecule has 0 saturated carbocycles. The van der Waals surface area contributed by atoms with Crippen LogP contribution in [-0.2, 0) is 9.53 Å². The maximum Gasteiger partial charge on any atom is 0.344 e. The monoisotopic (exact) mass is 270 g/mol. The summed E-state index contributed by atoms with van der Waals surface area (Å²) in [7, 11) is -2.85. The SMILES string of the molecule is CCOC(=O)COc1cccc2c1C=CS2(O)O. The highest BCUT2D eigenvalue weighted by atomic mass is 32.3. The first-order valence-electron chi connectivity index (χ1n) is 5.42. The quantitative estimate of drug-likeness (QED) is 0.823. The Morgan fingerprint density at radius 3 is 2.89 bits per heavy atom. The predicted molar refractivity (Wildman–Crippen MR) is 68.7 cm³/mol. The summed E-state index contributed by atoms with van der Waals surface area (Å²) in [6, 6.07) is 4.95. The van der Waals surface area contributed by atoms with Gasteiger partial charge in [-0.05, 0) is 25.1 Å². The molecule has 6 heteroatoms. The lowest BCUT2D eigenvalue weighted by molar-refractivity contribution is -0.145. The number of ether oxygens (including phenoxy) is 2. The standard InChI is InChI=1S/C12H14O5S/c1-2-16-12(13)8-17-10-4-3-5-11-9(10)6-7-18(11,14)15/h3-7,14-15H,2,8H2,1H3. The fraction of sp³-hybridized carbons (Fsp3) is 0.250. The summed E-state index contributed by atoms with van der Waals surface area (Å²) >= 11 is 0. The van der Waals surface area contributed by atoms with Gasteiger partial charge in [0.15, 0.2) is 6.61 Å². The number of carbonyl (C=O) groups excluding carboxylic acids is 1. The number of esters is 1. The fourth-order valence-corrected chi connectivity index (χ4v) is 2.90. The molecule has 0 fully saturated rings. The second-order valence-electron chi connectivity index (χ2n) is 3.66. The van der Waals surface area contributed by atoms with Crippen molar-refractivity contribution in [3.05, 3.63) is 29.2 Å². The van der Waals surface area contributed by atoms with E-state index in [4.69, 9.17) is 9.47 Å². The van der Waals surface area contributed by atoms with Crippen LogP contribution >= 0.6 is 10.6 Å². The van der Waals surface area contributed by atoms with Gasteiger partial charge in [-0.25, -0.2) is 4.79 Å². The first-order chi connectivity index (χ1) is 8.54. The summed E-state index contributed by atoms with van der Waals surface area (Å²) < 4.78 is 29.5. The van der Waals surface area contributed by atoms with Gasteiger partial charge >= 0.3 is 5.97 Å². The zero-order valence-corrected chi connectivity index (χ0v) is 10.6. The van der Waals surface area contributed by atoms with E-state index in [1.165, 1.54) is 5.41 Å². The maximum atomic E-state index is 11.2. The van der Waals surface area contributed by atoms with Gasteiger partial charge < -0.3 is 9.47 Å². The van der Waals surface area contributed by atoms with E-state index in [9.17, 15) is 13.9 Å². The van der Waals surface area contributed by atoms with Gasteiger partial charge in [-0.2, -0.15) is 0 Å². The molecule has 0 aromatic heterocycles. The van der Waals surface area contributed by atoms with Crippen molar-refractivity contribution in [1.82, 2.24) is 0 Å². The Bertz CT molecular complexity index is 495. The Hall–Kier alpha value is -1.50. The van der Waals surface area contributed by atoms with Crippen LogP contribution < -0.4 is 4.74 Å². The summed E-state index contributed by atoms with van der Waals surface area (Å²) in [5.74, 6) is -0.0158. The third-order valence-electron chi connectivity index (χ3n) is 2.43. The third kappa shape index (κ3) is 2.50. The Balaban J connectivity index is 2.14. The van der Waals surface area contributed by atoms with Crippen LogP contribution in [0.25, 0.3) is 6.08 Å². The molecule has 0 spiro atoms. The molecular formula is C12H14O5S. The fourth-order valence-electron chi connectivity index (χ4n) is 1.65. The van der Waals surface area contributed by atoms with Crippen LogP contribution in [0.2, 0.25) is 0 Å². The molecule has 0 saturated heterocycles. The average molecular weight is 270 g/mol. The molecule has 0 amide bonds. The van der Waals surface area contributed by atoms with Crippen LogP contribution in [0, 0.1) is 0 Å². The van der Waals surface area contributed by atoms with Crippen molar-refractivity contribution in [3.63, 3.8) is 0 Å².